The molecule has 0 amide bonds. The van der Waals surface area contributed by atoms with Crippen LogP contribution in [-0.2, 0) is 0 Å². The summed E-state index contributed by atoms with van der Waals surface area (Å²) in [7, 11) is 3.24. The van der Waals surface area contributed by atoms with Crippen LogP contribution in [0.1, 0.15) is 5.82 Å². The first kappa shape index (κ1) is 18.5. The molecule has 4 aromatic rings. The van der Waals surface area contributed by atoms with Crippen LogP contribution in [0.2, 0.25) is 0 Å². The summed E-state index contributed by atoms with van der Waals surface area (Å²) in [5.74, 6) is 3.34. The first-order valence-corrected chi connectivity index (χ1v) is 9.12. The molecule has 0 saturated carbocycles. The second-order valence-electron chi connectivity index (χ2n) is 6.38. The molecule has 0 unspecified atom stereocenters. The fourth-order valence-corrected chi connectivity index (χ4v) is 3.08. The molecule has 0 aliphatic heterocycles. The summed E-state index contributed by atoms with van der Waals surface area (Å²) in [6, 6.07) is 17.4. The molecule has 7 nitrogen and oxygen atoms in total. The molecule has 2 aromatic carbocycles. The van der Waals surface area contributed by atoms with Gasteiger partial charge >= 0.3 is 0 Å². The lowest BCUT2D eigenvalue weighted by molar-refractivity contribution is 0.395. The molecule has 146 valence electrons. The summed E-state index contributed by atoms with van der Waals surface area (Å²) in [6.07, 6.45) is 1.78. The van der Waals surface area contributed by atoms with Crippen molar-refractivity contribution in [1.82, 2.24) is 15.0 Å². The number of nitrogens with one attached hydrogen (secondary N) is 2. The van der Waals surface area contributed by atoms with E-state index in [1.807, 2.05) is 61.5 Å². The van der Waals surface area contributed by atoms with Crippen LogP contribution in [0.25, 0.3) is 10.9 Å². The van der Waals surface area contributed by atoms with Gasteiger partial charge in [0.25, 0.3) is 0 Å². The third-order valence-electron chi connectivity index (χ3n) is 4.40. The van der Waals surface area contributed by atoms with Gasteiger partial charge in [-0.1, -0.05) is 18.2 Å². The van der Waals surface area contributed by atoms with E-state index < -0.39 is 0 Å². The smallest absolute Gasteiger partial charge is 0.146 e. The highest BCUT2D eigenvalue weighted by Gasteiger charge is 2.09. The first-order valence-electron chi connectivity index (χ1n) is 9.12. The Labute approximate surface area is 168 Å². The predicted octanol–water partition coefficient (Wildman–Crippen LogP) is 4.84. The standard InChI is InChI=1S/C22H21N5O2/c1-14-24-20(26-17-10-9-16(28-2)12-19(17)29-3)13-21(25-14)27-18-8-4-6-15-7-5-11-23-22(15)18/h4-13H,1-3H3,(H2,24,25,26,27). The van der Waals surface area contributed by atoms with Gasteiger partial charge in [0, 0.05) is 23.7 Å². The fraction of sp³-hybridized carbons (Fsp3) is 0.136. The summed E-state index contributed by atoms with van der Waals surface area (Å²) in [4.78, 5) is 13.5. The minimum atomic E-state index is 0.637. The summed E-state index contributed by atoms with van der Waals surface area (Å²) in [6.45, 7) is 1.85. The number of anilines is 4. The lowest BCUT2D eigenvalue weighted by Crippen LogP contribution is -2.03. The highest BCUT2D eigenvalue weighted by atomic mass is 16.5. The van der Waals surface area contributed by atoms with Gasteiger partial charge in [-0.3, -0.25) is 4.98 Å². The lowest BCUT2D eigenvalue weighted by Gasteiger charge is -2.14. The second-order valence-corrected chi connectivity index (χ2v) is 6.38. The lowest BCUT2D eigenvalue weighted by atomic mass is 10.2. The summed E-state index contributed by atoms with van der Waals surface area (Å²) >= 11 is 0. The van der Waals surface area contributed by atoms with E-state index in [4.69, 9.17) is 9.47 Å². The van der Waals surface area contributed by atoms with Crippen LogP contribution in [0.5, 0.6) is 11.5 Å². The molecule has 4 rings (SSSR count). The van der Waals surface area contributed by atoms with Crippen LogP contribution in [0, 0.1) is 6.92 Å². The van der Waals surface area contributed by atoms with Crippen molar-refractivity contribution in [1.29, 1.82) is 0 Å². The van der Waals surface area contributed by atoms with E-state index in [0.29, 0.717) is 23.2 Å². The molecule has 7 heteroatoms. The molecule has 0 bridgehead atoms. The molecule has 0 saturated heterocycles. The van der Waals surface area contributed by atoms with E-state index in [0.717, 1.165) is 28.0 Å². The number of nitrogens with zero attached hydrogens (tertiary/aromatic N) is 3. The summed E-state index contributed by atoms with van der Waals surface area (Å²) in [5, 5.41) is 7.71. The molecule has 0 fully saturated rings. The number of ether oxygens (including phenoxy) is 2. The van der Waals surface area contributed by atoms with E-state index in [1.54, 1.807) is 20.4 Å². The van der Waals surface area contributed by atoms with Gasteiger partial charge in [-0.05, 0) is 31.2 Å². The molecule has 0 atom stereocenters. The molecule has 0 aliphatic carbocycles. The summed E-state index contributed by atoms with van der Waals surface area (Å²) < 4.78 is 10.7. The predicted molar refractivity (Wildman–Crippen MR) is 115 cm³/mol. The van der Waals surface area contributed by atoms with Crippen molar-refractivity contribution >= 4 is 33.9 Å². The molecule has 0 spiro atoms. The minimum Gasteiger partial charge on any atom is -0.497 e. The van der Waals surface area contributed by atoms with Crippen LogP contribution in [0.3, 0.4) is 0 Å². The molecular formula is C22H21N5O2. The Kier molecular flexibility index (Phi) is 5.11. The largest absolute Gasteiger partial charge is 0.497 e. The molecule has 0 radical (unpaired) electrons. The van der Waals surface area contributed by atoms with Gasteiger partial charge in [0.2, 0.25) is 0 Å². The van der Waals surface area contributed by atoms with Crippen molar-refractivity contribution in [3.8, 4) is 11.5 Å². The van der Waals surface area contributed by atoms with Gasteiger partial charge in [-0.25, -0.2) is 9.97 Å². The number of fused-ring (bicyclic) bond motifs is 1. The highest BCUT2D eigenvalue weighted by molar-refractivity contribution is 5.91. The molecule has 29 heavy (non-hydrogen) atoms. The molecule has 2 N–H and O–H groups in total. The van der Waals surface area contributed by atoms with E-state index in [-0.39, 0.29) is 0 Å². The van der Waals surface area contributed by atoms with E-state index in [1.165, 1.54) is 0 Å². The highest BCUT2D eigenvalue weighted by Crippen LogP contribution is 2.32. The maximum absolute atomic E-state index is 5.45. The monoisotopic (exact) mass is 387 g/mol. The van der Waals surface area contributed by atoms with Crippen LogP contribution < -0.4 is 20.1 Å². The number of rotatable bonds is 6. The van der Waals surface area contributed by atoms with Crippen molar-refractivity contribution in [2.75, 3.05) is 24.9 Å². The van der Waals surface area contributed by atoms with Crippen LogP contribution in [0.15, 0.2) is 60.8 Å². The number of aryl methyl sites for hydroxylation is 1. The fourth-order valence-electron chi connectivity index (χ4n) is 3.08. The van der Waals surface area contributed by atoms with E-state index in [2.05, 4.69) is 25.6 Å². The quantitative estimate of drug-likeness (QED) is 0.490. The Morgan fingerprint density at radius 2 is 1.55 bits per heavy atom. The van der Waals surface area contributed by atoms with Gasteiger partial charge in [0.15, 0.2) is 0 Å². The average molecular weight is 387 g/mol. The van der Waals surface area contributed by atoms with Gasteiger partial charge < -0.3 is 20.1 Å². The molecule has 0 aliphatic rings. The van der Waals surface area contributed by atoms with Crippen LogP contribution in [-0.4, -0.2) is 29.2 Å². The van der Waals surface area contributed by atoms with E-state index in [9.17, 15) is 0 Å². The SMILES string of the molecule is COc1ccc(Nc2cc(Nc3cccc4cccnc34)nc(C)n2)c(OC)c1. The maximum atomic E-state index is 5.45. The Balaban J connectivity index is 1.65. The third-order valence-corrected chi connectivity index (χ3v) is 4.40. The number of benzene rings is 2. The number of pyridine rings is 1. The number of aromatic nitrogens is 3. The average Bonchev–Trinajstić information content (AvgIpc) is 2.74. The van der Waals surface area contributed by atoms with Crippen molar-refractivity contribution in [2.45, 2.75) is 6.92 Å². The van der Waals surface area contributed by atoms with Crippen molar-refractivity contribution in [3.63, 3.8) is 0 Å². The van der Waals surface area contributed by atoms with E-state index >= 15 is 0 Å². The Bertz CT molecular complexity index is 1160. The van der Waals surface area contributed by atoms with Crippen molar-refractivity contribution in [2.24, 2.45) is 0 Å². The van der Waals surface area contributed by atoms with Gasteiger partial charge in [0.05, 0.1) is 31.1 Å². The topological polar surface area (TPSA) is 81.2 Å². The van der Waals surface area contributed by atoms with Crippen LogP contribution >= 0.6 is 0 Å². The molecule has 2 aromatic heterocycles. The van der Waals surface area contributed by atoms with Crippen molar-refractivity contribution < 1.29 is 9.47 Å². The zero-order chi connectivity index (χ0) is 20.2. The minimum absolute atomic E-state index is 0.637. The number of methoxy groups -OCH3 is 2. The number of para-hydroxylation sites is 1. The molecular weight excluding hydrogens is 366 g/mol. The Morgan fingerprint density at radius 3 is 2.31 bits per heavy atom. The van der Waals surface area contributed by atoms with Crippen molar-refractivity contribution in [3.05, 3.63) is 66.6 Å². The zero-order valence-corrected chi connectivity index (χ0v) is 16.4. The first-order chi connectivity index (χ1) is 14.2. The zero-order valence-electron chi connectivity index (χ0n) is 16.4. The van der Waals surface area contributed by atoms with Gasteiger partial charge in [-0.15, -0.1) is 0 Å². The van der Waals surface area contributed by atoms with Crippen LogP contribution in [0.4, 0.5) is 23.0 Å². The second kappa shape index (κ2) is 8.02. The van der Waals surface area contributed by atoms with Gasteiger partial charge in [0.1, 0.15) is 29.0 Å². The number of hydrogen-bond acceptors (Lipinski definition) is 7. The normalized spacial score (nSPS) is 10.6. The third kappa shape index (κ3) is 4.03. The Morgan fingerprint density at radius 1 is 0.793 bits per heavy atom. The molecule has 2 heterocycles. The van der Waals surface area contributed by atoms with Gasteiger partial charge in [-0.2, -0.15) is 0 Å². The maximum Gasteiger partial charge on any atom is 0.146 e. The Hall–Kier alpha value is -3.87. The number of hydrogen-bond donors (Lipinski definition) is 2. The summed E-state index contributed by atoms with van der Waals surface area (Å²) in [5.41, 5.74) is 2.55.